The third-order valence-electron chi connectivity index (χ3n) is 3.06. The molecule has 1 aliphatic rings. The van der Waals surface area contributed by atoms with Crippen LogP contribution in [0, 0.1) is 0 Å². The number of nitrogens with zero attached hydrogens (tertiary/aromatic N) is 3. The summed E-state index contributed by atoms with van der Waals surface area (Å²) in [5.41, 5.74) is 0. The fourth-order valence-electron chi connectivity index (χ4n) is 1.99. The monoisotopic (exact) mass is 288 g/mol. The van der Waals surface area contributed by atoms with Gasteiger partial charge in [0.2, 0.25) is 0 Å². The minimum atomic E-state index is 0.569. The van der Waals surface area contributed by atoms with Gasteiger partial charge in [-0.2, -0.15) is 0 Å². The average Bonchev–Trinajstić information content (AvgIpc) is 2.34. The summed E-state index contributed by atoms with van der Waals surface area (Å²) in [5.74, 6) is 1.53. The van der Waals surface area contributed by atoms with E-state index in [9.17, 15) is 0 Å². The Hall–Kier alpha value is -0.710. The maximum atomic E-state index is 6.24. The van der Waals surface area contributed by atoms with Crippen molar-refractivity contribution in [3.63, 3.8) is 0 Å². The molecule has 6 heteroatoms. The van der Waals surface area contributed by atoms with Gasteiger partial charge in [-0.3, -0.25) is 0 Å². The molecule has 0 unspecified atom stereocenters. The zero-order valence-corrected chi connectivity index (χ0v) is 12.2. The van der Waals surface area contributed by atoms with Crippen molar-refractivity contribution in [1.29, 1.82) is 0 Å². The molecular weight excluding hydrogens is 271 g/mol. The summed E-state index contributed by atoms with van der Waals surface area (Å²) in [7, 11) is 2.12. The molecule has 1 fully saturated rings. The lowest BCUT2D eigenvalue weighted by atomic mass is 10.3. The lowest BCUT2D eigenvalue weighted by Crippen LogP contribution is -2.45. The first-order valence-electron chi connectivity index (χ1n) is 6.15. The summed E-state index contributed by atoms with van der Waals surface area (Å²) in [5, 5.41) is 4.34. The van der Waals surface area contributed by atoms with Gasteiger partial charge in [-0.1, -0.05) is 23.2 Å². The Bertz CT molecular complexity index is 417. The van der Waals surface area contributed by atoms with Crippen LogP contribution in [0.2, 0.25) is 10.0 Å². The van der Waals surface area contributed by atoms with Crippen LogP contribution < -0.4 is 10.2 Å². The van der Waals surface area contributed by atoms with E-state index in [2.05, 4.69) is 27.1 Å². The van der Waals surface area contributed by atoms with E-state index in [1.165, 1.54) is 0 Å². The SMILES string of the molecule is CCNc1nc(N2CCN(C)CC2)c(Cl)cc1Cl. The molecule has 1 aromatic rings. The molecule has 1 saturated heterocycles. The number of nitrogens with one attached hydrogen (secondary N) is 1. The zero-order chi connectivity index (χ0) is 13.1. The van der Waals surface area contributed by atoms with Gasteiger partial charge in [0.1, 0.15) is 11.6 Å². The molecule has 0 aliphatic carbocycles. The minimum absolute atomic E-state index is 0.569. The molecular formula is C12H18Cl2N4. The molecule has 100 valence electrons. The number of hydrogen-bond donors (Lipinski definition) is 1. The van der Waals surface area contributed by atoms with Crippen LogP contribution in [0.4, 0.5) is 11.6 Å². The second-order valence-corrected chi connectivity index (χ2v) is 5.26. The summed E-state index contributed by atoms with van der Waals surface area (Å²) >= 11 is 12.3. The smallest absolute Gasteiger partial charge is 0.150 e. The largest absolute Gasteiger partial charge is 0.369 e. The van der Waals surface area contributed by atoms with Crippen LogP contribution >= 0.6 is 23.2 Å². The van der Waals surface area contributed by atoms with Crippen LogP contribution in [0.5, 0.6) is 0 Å². The van der Waals surface area contributed by atoms with Gasteiger partial charge in [0.05, 0.1) is 10.0 Å². The van der Waals surface area contributed by atoms with Crippen molar-refractivity contribution in [2.45, 2.75) is 6.92 Å². The molecule has 18 heavy (non-hydrogen) atoms. The van der Waals surface area contributed by atoms with Gasteiger partial charge in [0.25, 0.3) is 0 Å². The number of piperazine rings is 1. The molecule has 0 bridgehead atoms. The summed E-state index contributed by atoms with van der Waals surface area (Å²) in [6.45, 7) is 6.74. The van der Waals surface area contributed by atoms with Gasteiger partial charge in [0.15, 0.2) is 0 Å². The Morgan fingerprint density at radius 1 is 1.22 bits per heavy atom. The van der Waals surface area contributed by atoms with E-state index >= 15 is 0 Å². The molecule has 1 N–H and O–H groups in total. The van der Waals surface area contributed by atoms with Crippen molar-refractivity contribution < 1.29 is 0 Å². The topological polar surface area (TPSA) is 31.4 Å². The zero-order valence-electron chi connectivity index (χ0n) is 10.7. The summed E-state index contributed by atoms with van der Waals surface area (Å²) in [6.07, 6.45) is 0. The predicted octanol–water partition coefficient (Wildman–Crippen LogP) is 2.57. The molecule has 2 heterocycles. The normalized spacial score (nSPS) is 17.0. The Balaban J connectivity index is 2.23. The highest BCUT2D eigenvalue weighted by atomic mass is 35.5. The Kier molecular flexibility index (Phi) is 4.54. The molecule has 4 nitrogen and oxygen atoms in total. The van der Waals surface area contributed by atoms with Gasteiger partial charge in [-0.15, -0.1) is 0 Å². The maximum absolute atomic E-state index is 6.24. The highest BCUT2D eigenvalue weighted by molar-refractivity contribution is 6.37. The van der Waals surface area contributed by atoms with Crippen molar-refractivity contribution in [1.82, 2.24) is 9.88 Å². The Morgan fingerprint density at radius 2 is 1.89 bits per heavy atom. The lowest BCUT2D eigenvalue weighted by Gasteiger charge is -2.33. The Labute approximate surface area is 118 Å². The third-order valence-corrected chi connectivity index (χ3v) is 3.62. The van der Waals surface area contributed by atoms with E-state index in [1.54, 1.807) is 6.07 Å². The van der Waals surface area contributed by atoms with Gasteiger partial charge in [-0.05, 0) is 20.0 Å². The molecule has 0 amide bonds. The van der Waals surface area contributed by atoms with E-state index in [4.69, 9.17) is 23.2 Å². The van der Waals surface area contributed by atoms with Crippen molar-refractivity contribution >= 4 is 34.8 Å². The fourth-order valence-corrected chi connectivity index (χ4v) is 2.53. The van der Waals surface area contributed by atoms with Gasteiger partial charge in [0, 0.05) is 32.7 Å². The number of anilines is 2. The number of aromatic nitrogens is 1. The van der Waals surface area contributed by atoms with Crippen LogP contribution in [0.25, 0.3) is 0 Å². The summed E-state index contributed by atoms with van der Waals surface area (Å²) < 4.78 is 0. The van der Waals surface area contributed by atoms with E-state index < -0.39 is 0 Å². The van der Waals surface area contributed by atoms with E-state index in [1.807, 2.05) is 6.92 Å². The number of likely N-dealkylation sites (N-methyl/N-ethyl adjacent to an activating group) is 1. The standard InChI is InChI=1S/C12H18Cl2N4/c1-3-15-11-9(13)8-10(14)12(16-11)18-6-4-17(2)5-7-18/h8H,3-7H2,1-2H3,(H,15,16). The average molecular weight is 289 g/mol. The van der Waals surface area contributed by atoms with Gasteiger partial charge >= 0.3 is 0 Å². The molecule has 0 spiro atoms. The van der Waals surface area contributed by atoms with E-state index in [0.29, 0.717) is 15.9 Å². The molecule has 0 radical (unpaired) electrons. The van der Waals surface area contributed by atoms with E-state index in [0.717, 1.165) is 38.5 Å². The van der Waals surface area contributed by atoms with Crippen LogP contribution in [0.15, 0.2) is 6.07 Å². The molecule has 1 aliphatic heterocycles. The minimum Gasteiger partial charge on any atom is -0.369 e. The lowest BCUT2D eigenvalue weighted by molar-refractivity contribution is 0.312. The first-order chi connectivity index (χ1) is 8.61. The van der Waals surface area contributed by atoms with Crippen LogP contribution in [-0.2, 0) is 0 Å². The van der Waals surface area contributed by atoms with Crippen LogP contribution in [0.3, 0.4) is 0 Å². The van der Waals surface area contributed by atoms with Crippen molar-refractivity contribution in [3.8, 4) is 0 Å². The number of rotatable bonds is 3. The second kappa shape index (κ2) is 5.95. The maximum Gasteiger partial charge on any atom is 0.150 e. The second-order valence-electron chi connectivity index (χ2n) is 4.44. The molecule has 0 saturated carbocycles. The number of hydrogen-bond acceptors (Lipinski definition) is 4. The first kappa shape index (κ1) is 13.7. The summed E-state index contributed by atoms with van der Waals surface area (Å²) in [4.78, 5) is 9.05. The highest BCUT2D eigenvalue weighted by Crippen LogP contribution is 2.31. The fraction of sp³-hybridized carbons (Fsp3) is 0.583. The molecule has 2 rings (SSSR count). The van der Waals surface area contributed by atoms with E-state index in [-0.39, 0.29) is 0 Å². The highest BCUT2D eigenvalue weighted by Gasteiger charge is 2.19. The van der Waals surface area contributed by atoms with Gasteiger partial charge < -0.3 is 15.1 Å². The summed E-state index contributed by atoms with van der Waals surface area (Å²) in [6, 6.07) is 1.77. The van der Waals surface area contributed by atoms with Crippen LogP contribution in [0.1, 0.15) is 6.92 Å². The predicted molar refractivity (Wildman–Crippen MR) is 78.1 cm³/mol. The van der Waals surface area contributed by atoms with Gasteiger partial charge in [-0.25, -0.2) is 4.98 Å². The third kappa shape index (κ3) is 2.99. The molecule has 0 aromatic carbocycles. The Morgan fingerprint density at radius 3 is 2.50 bits per heavy atom. The van der Waals surface area contributed by atoms with Crippen molar-refractivity contribution in [2.24, 2.45) is 0 Å². The number of pyridine rings is 1. The van der Waals surface area contributed by atoms with Crippen LogP contribution in [-0.4, -0.2) is 49.7 Å². The first-order valence-corrected chi connectivity index (χ1v) is 6.90. The quantitative estimate of drug-likeness (QED) is 0.926. The van der Waals surface area contributed by atoms with Crippen molar-refractivity contribution in [2.75, 3.05) is 50.0 Å². The molecule has 1 aromatic heterocycles. The molecule has 0 atom stereocenters. The number of halogens is 2. The van der Waals surface area contributed by atoms with Crippen molar-refractivity contribution in [3.05, 3.63) is 16.1 Å².